The number of morpholine rings is 1. The molecule has 188 valence electrons. The number of aryl methyl sites for hydroxylation is 1. The van der Waals surface area contributed by atoms with Crippen molar-refractivity contribution < 1.29 is 13.5 Å². The number of nitrogens with zero attached hydrogens (tertiary/aromatic N) is 4. The van der Waals surface area contributed by atoms with Crippen molar-refractivity contribution >= 4 is 29.1 Å². The summed E-state index contributed by atoms with van der Waals surface area (Å²) in [5.74, 6) is 0.681. The van der Waals surface area contributed by atoms with Gasteiger partial charge >= 0.3 is 0 Å². The quantitative estimate of drug-likeness (QED) is 0.225. The highest BCUT2D eigenvalue weighted by Gasteiger charge is 2.33. The van der Waals surface area contributed by atoms with E-state index in [0.29, 0.717) is 41.5 Å². The molecule has 2 aromatic rings. The number of halogens is 2. The Morgan fingerprint density at radius 1 is 1.26 bits per heavy atom. The topological polar surface area (TPSA) is 68.8 Å². The second-order valence-electron chi connectivity index (χ2n) is 8.80. The molecular formula is C25H32F2N6OS. The van der Waals surface area contributed by atoms with Gasteiger partial charge in [0.2, 0.25) is 0 Å². The highest BCUT2D eigenvalue weighted by atomic mass is 32.2. The van der Waals surface area contributed by atoms with Crippen LogP contribution in [0.2, 0.25) is 0 Å². The molecule has 0 spiro atoms. The molecule has 4 rings (SSSR count). The lowest BCUT2D eigenvalue weighted by atomic mass is 10.1. The number of benzene rings is 1. The smallest absolute Gasteiger partial charge is 0.153 e. The number of hydrogen-bond acceptors (Lipinski definition) is 6. The lowest BCUT2D eigenvalue weighted by molar-refractivity contribution is 0.0546. The maximum atomic E-state index is 14.8. The van der Waals surface area contributed by atoms with Crippen LogP contribution >= 0.6 is 11.8 Å². The molecule has 10 heteroatoms. The molecule has 1 aliphatic carbocycles. The first-order valence-electron chi connectivity index (χ1n) is 11.7. The maximum absolute atomic E-state index is 14.8. The van der Waals surface area contributed by atoms with Gasteiger partial charge in [-0.3, -0.25) is 5.10 Å². The third-order valence-electron chi connectivity index (χ3n) is 6.22. The first-order chi connectivity index (χ1) is 16.8. The van der Waals surface area contributed by atoms with E-state index in [1.54, 1.807) is 20.2 Å². The van der Waals surface area contributed by atoms with Crippen molar-refractivity contribution in [2.24, 2.45) is 10.9 Å². The van der Waals surface area contributed by atoms with Crippen molar-refractivity contribution in [2.75, 3.05) is 49.8 Å². The zero-order valence-corrected chi connectivity index (χ0v) is 21.4. The first-order valence-corrected chi connectivity index (χ1v) is 12.9. The molecule has 7 nitrogen and oxygen atoms in total. The number of aromatic amines is 1. The Morgan fingerprint density at radius 3 is 2.46 bits per heavy atom. The van der Waals surface area contributed by atoms with Gasteiger partial charge in [0, 0.05) is 48.1 Å². The van der Waals surface area contributed by atoms with Crippen LogP contribution in [0.1, 0.15) is 25.5 Å². The molecule has 0 atom stereocenters. The Hall–Kier alpha value is -2.85. The minimum Gasteiger partial charge on any atom is -0.378 e. The minimum atomic E-state index is -0.632. The summed E-state index contributed by atoms with van der Waals surface area (Å²) in [5, 5.41) is 10.6. The van der Waals surface area contributed by atoms with Gasteiger partial charge in [0.1, 0.15) is 17.3 Å². The van der Waals surface area contributed by atoms with Crippen LogP contribution in [0.5, 0.6) is 0 Å². The van der Waals surface area contributed by atoms with Crippen LogP contribution in [0.3, 0.4) is 0 Å². The van der Waals surface area contributed by atoms with Gasteiger partial charge in [-0.2, -0.15) is 5.10 Å². The SMILES string of the molecule is C=C(/C(=C(\N=C(/C)N(C)c1c(F)cc(SC)cc1F)Nc1cc(C)[nH]n1)C1CC1)N1CCOCC1. The number of hydrogen-bond donors (Lipinski definition) is 2. The Morgan fingerprint density at radius 2 is 1.91 bits per heavy atom. The predicted octanol–water partition coefficient (Wildman–Crippen LogP) is 5.15. The van der Waals surface area contributed by atoms with Crippen LogP contribution in [0.4, 0.5) is 20.3 Å². The Labute approximate surface area is 209 Å². The van der Waals surface area contributed by atoms with E-state index < -0.39 is 11.6 Å². The number of rotatable bonds is 8. The molecule has 2 heterocycles. The third-order valence-corrected chi connectivity index (χ3v) is 6.92. The molecule has 0 unspecified atom stereocenters. The minimum absolute atomic E-state index is 0.140. The molecular weight excluding hydrogens is 470 g/mol. The van der Waals surface area contributed by atoms with E-state index in [1.165, 1.54) is 28.8 Å². The normalized spacial score (nSPS) is 17.3. The van der Waals surface area contributed by atoms with E-state index in [4.69, 9.17) is 9.73 Å². The van der Waals surface area contributed by atoms with E-state index in [0.717, 1.165) is 42.9 Å². The van der Waals surface area contributed by atoms with Gasteiger partial charge in [0.15, 0.2) is 17.5 Å². The summed E-state index contributed by atoms with van der Waals surface area (Å²) in [7, 11) is 1.61. The maximum Gasteiger partial charge on any atom is 0.153 e. The molecule has 0 bridgehead atoms. The molecule has 2 aliphatic rings. The van der Waals surface area contributed by atoms with E-state index in [9.17, 15) is 8.78 Å². The molecule has 1 saturated heterocycles. The van der Waals surface area contributed by atoms with Crippen LogP contribution in [-0.4, -0.2) is 60.5 Å². The first kappa shape index (κ1) is 25.2. The fourth-order valence-corrected chi connectivity index (χ4v) is 4.52. The van der Waals surface area contributed by atoms with Crippen molar-refractivity contribution in [2.45, 2.75) is 31.6 Å². The van der Waals surface area contributed by atoms with Gasteiger partial charge in [-0.15, -0.1) is 11.8 Å². The van der Waals surface area contributed by atoms with Gasteiger partial charge < -0.3 is 19.9 Å². The van der Waals surface area contributed by atoms with Crippen molar-refractivity contribution in [1.29, 1.82) is 0 Å². The number of nitrogens with one attached hydrogen (secondary N) is 2. The average molecular weight is 503 g/mol. The standard InChI is InChI=1S/C25H32F2N6OS/c1-15-12-22(31-30-15)29-25(23(18-6-7-18)16(2)33-8-10-34-11-9-33)28-17(3)32(4)24-20(26)13-19(35-5)14-21(24)27/h12-14,18H,2,6-11H2,1,3-5H3,(H2,29,30,31)/b25-23-,28-17+. The highest BCUT2D eigenvalue weighted by molar-refractivity contribution is 7.98. The number of thioether (sulfide) groups is 1. The molecule has 0 radical (unpaired) electrons. The molecule has 1 aliphatic heterocycles. The number of aromatic nitrogens is 2. The van der Waals surface area contributed by atoms with E-state index in [1.807, 2.05) is 13.0 Å². The summed E-state index contributed by atoms with van der Waals surface area (Å²) in [5.41, 5.74) is 2.66. The van der Waals surface area contributed by atoms with Crippen molar-refractivity contribution in [3.8, 4) is 0 Å². The summed E-state index contributed by atoms with van der Waals surface area (Å²) in [6.45, 7) is 10.9. The number of anilines is 2. The molecule has 35 heavy (non-hydrogen) atoms. The molecule has 1 saturated carbocycles. The second kappa shape index (κ2) is 10.8. The molecule has 2 N–H and O–H groups in total. The number of aliphatic imine (C=N–C) groups is 1. The van der Waals surface area contributed by atoms with Gasteiger partial charge in [-0.1, -0.05) is 6.58 Å². The van der Waals surface area contributed by atoms with Gasteiger partial charge in [-0.05, 0) is 51.0 Å². The molecule has 1 aromatic heterocycles. The molecule has 1 aromatic carbocycles. The van der Waals surface area contributed by atoms with Crippen LogP contribution in [-0.2, 0) is 4.74 Å². The Kier molecular flexibility index (Phi) is 7.81. The Balaban J connectivity index is 1.75. The van der Waals surface area contributed by atoms with Crippen molar-refractivity contribution in [1.82, 2.24) is 15.1 Å². The van der Waals surface area contributed by atoms with Crippen molar-refractivity contribution in [3.63, 3.8) is 0 Å². The molecule has 0 amide bonds. The summed E-state index contributed by atoms with van der Waals surface area (Å²) >= 11 is 1.29. The summed E-state index contributed by atoms with van der Waals surface area (Å²) in [6.07, 6.45) is 3.85. The summed E-state index contributed by atoms with van der Waals surface area (Å²) in [4.78, 5) is 9.04. The van der Waals surface area contributed by atoms with Gasteiger partial charge in [-0.25, -0.2) is 13.8 Å². The zero-order chi connectivity index (χ0) is 25.1. The molecule has 2 fully saturated rings. The van der Waals surface area contributed by atoms with E-state index in [2.05, 4.69) is 27.0 Å². The number of H-pyrrole nitrogens is 1. The van der Waals surface area contributed by atoms with E-state index in [-0.39, 0.29) is 5.69 Å². The Bertz CT molecular complexity index is 1130. The van der Waals surface area contributed by atoms with Crippen LogP contribution < -0.4 is 10.2 Å². The van der Waals surface area contributed by atoms with Crippen LogP contribution in [0.15, 0.2) is 51.8 Å². The second-order valence-corrected chi connectivity index (χ2v) is 9.68. The van der Waals surface area contributed by atoms with Gasteiger partial charge in [0.05, 0.1) is 13.2 Å². The van der Waals surface area contributed by atoms with E-state index >= 15 is 0 Å². The number of amidine groups is 1. The zero-order valence-electron chi connectivity index (χ0n) is 20.6. The summed E-state index contributed by atoms with van der Waals surface area (Å²) < 4.78 is 35.2. The predicted molar refractivity (Wildman–Crippen MR) is 138 cm³/mol. The third kappa shape index (κ3) is 5.87. The lowest BCUT2D eigenvalue weighted by Crippen LogP contribution is -2.36. The highest BCUT2D eigenvalue weighted by Crippen LogP contribution is 2.43. The fraction of sp³-hybridized carbons (Fsp3) is 0.440. The largest absolute Gasteiger partial charge is 0.378 e. The van der Waals surface area contributed by atoms with Crippen LogP contribution in [0.25, 0.3) is 0 Å². The average Bonchev–Trinajstić information content (AvgIpc) is 3.59. The number of ether oxygens (including phenoxy) is 1. The number of allylic oxidation sites excluding steroid dienone is 1. The fourth-order valence-electron chi connectivity index (χ4n) is 4.08. The monoisotopic (exact) mass is 502 g/mol. The summed E-state index contributed by atoms with van der Waals surface area (Å²) in [6, 6.07) is 4.56. The van der Waals surface area contributed by atoms with Crippen molar-refractivity contribution in [3.05, 3.63) is 59.2 Å². The van der Waals surface area contributed by atoms with Crippen LogP contribution in [0, 0.1) is 24.5 Å². The van der Waals surface area contributed by atoms with Gasteiger partial charge in [0.25, 0.3) is 0 Å². The lowest BCUT2D eigenvalue weighted by Gasteiger charge is -2.32.